The van der Waals surface area contributed by atoms with Crippen molar-refractivity contribution in [3.8, 4) is 0 Å². The van der Waals surface area contributed by atoms with Crippen LogP contribution in [0.2, 0.25) is 0 Å². The highest BCUT2D eigenvalue weighted by molar-refractivity contribution is 7.19. The van der Waals surface area contributed by atoms with Crippen molar-refractivity contribution >= 4 is 27.4 Å². The van der Waals surface area contributed by atoms with Gasteiger partial charge in [0.1, 0.15) is 16.5 Å². The lowest BCUT2D eigenvalue weighted by molar-refractivity contribution is 0.679. The lowest BCUT2D eigenvalue weighted by Crippen LogP contribution is -2.08. The summed E-state index contributed by atoms with van der Waals surface area (Å²) >= 11 is 1.89. The molecule has 4 rings (SSSR count). The molecule has 0 radical (unpaired) electrons. The molecule has 2 aliphatic rings. The Labute approximate surface area is 142 Å². The van der Waals surface area contributed by atoms with Gasteiger partial charge in [0.25, 0.3) is 0 Å². The Hall–Kier alpha value is -1.42. The van der Waals surface area contributed by atoms with Gasteiger partial charge < -0.3 is 5.32 Å². The van der Waals surface area contributed by atoms with Gasteiger partial charge in [0.15, 0.2) is 0 Å². The molecular formula is C19H25N3S. The van der Waals surface area contributed by atoms with E-state index in [1.54, 1.807) is 10.5 Å². The van der Waals surface area contributed by atoms with E-state index in [1.165, 1.54) is 67.1 Å². The topological polar surface area (TPSA) is 37.8 Å². The van der Waals surface area contributed by atoms with Crippen LogP contribution in [0.25, 0.3) is 10.2 Å². The monoisotopic (exact) mass is 327 g/mol. The van der Waals surface area contributed by atoms with E-state index in [4.69, 9.17) is 9.97 Å². The summed E-state index contributed by atoms with van der Waals surface area (Å²) in [6, 6.07) is 0. The highest BCUT2D eigenvalue weighted by Crippen LogP contribution is 2.38. The van der Waals surface area contributed by atoms with Crippen molar-refractivity contribution in [3.63, 3.8) is 0 Å². The molecule has 122 valence electrons. The van der Waals surface area contributed by atoms with E-state index in [9.17, 15) is 0 Å². The van der Waals surface area contributed by atoms with E-state index in [0.717, 1.165) is 24.6 Å². The Balaban J connectivity index is 1.58. The molecule has 0 amide bonds. The molecule has 0 bridgehead atoms. The number of aryl methyl sites for hydroxylation is 3. The third kappa shape index (κ3) is 3.14. The lowest BCUT2D eigenvalue weighted by Gasteiger charge is -2.15. The molecule has 0 unspecified atom stereocenters. The molecule has 0 aliphatic heterocycles. The molecule has 0 fully saturated rings. The minimum absolute atomic E-state index is 0.885. The van der Waals surface area contributed by atoms with Crippen molar-refractivity contribution < 1.29 is 0 Å². The van der Waals surface area contributed by atoms with Crippen LogP contribution in [0.15, 0.2) is 11.6 Å². The Morgan fingerprint density at radius 3 is 2.83 bits per heavy atom. The number of nitrogens with zero attached hydrogens (tertiary/aromatic N) is 2. The average molecular weight is 327 g/mol. The zero-order chi connectivity index (χ0) is 15.6. The van der Waals surface area contributed by atoms with Gasteiger partial charge in [0.2, 0.25) is 0 Å². The molecule has 1 N–H and O–H groups in total. The predicted molar refractivity (Wildman–Crippen MR) is 98.5 cm³/mol. The van der Waals surface area contributed by atoms with Gasteiger partial charge in [-0.05, 0) is 70.3 Å². The molecular weight excluding hydrogens is 302 g/mol. The van der Waals surface area contributed by atoms with E-state index in [2.05, 4.69) is 11.4 Å². The largest absolute Gasteiger partial charge is 0.369 e. The van der Waals surface area contributed by atoms with E-state index in [0.29, 0.717) is 0 Å². The molecule has 23 heavy (non-hydrogen) atoms. The molecule has 0 spiro atoms. The lowest BCUT2D eigenvalue weighted by atomic mass is 9.96. The number of allylic oxidation sites excluding steroid dienone is 1. The van der Waals surface area contributed by atoms with Crippen LogP contribution in [0.3, 0.4) is 0 Å². The molecule has 4 heteroatoms. The van der Waals surface area contributed by atoms with Crippen LogP contribution < -0.4 is 5.32 Å². The van der Waals surface area contributed by atoms with Gasteiger partial charge in [-0.25, -0.2) is 9.97 Å². The first-order valence-electron chi connectivity index (χ1n) is 9.02. The summed E-state index contributed by atoms with van der Waals surface area (Å²) in [7, 11) is 0. The summed E-state index contributed by atoms with van der Waals surface area (Å²) in [4.78, 5) is 12.2. The van der Waals surface area contributed by atoms with Crippen molar-refractivity contribution in [3.05, 3.63) is 27.9 Å². The first kappa shape index (κ1) is 15.1. The fourth-order valence-electron chi connectivity index (χ4n) is 3.87. The molecule has 0 atom stereocenters. The fourth-order valence-corrected chi connectivity index (χ4v) is 5.17. The van der Waals surface area contributed by atoms with Crippen molar-refractivity contribution in [1.82, 2.24) is 9.97 Å². The maximum atomic E-state index is 4.73. The standard InChI is InChI=1S/C19H25N3S/c1-13-21-18(20-12-11-14-7-3-2-4-8-14)17-15-9-5-6-10-16(15)23-19(17)22-13/h7H,2-6,8-12H2,1H3,(H,20,21,22). The number of thiophene rings is 1. The van der Waals surface area contributed by atoms with Crippen LogP contribution in [0.1, 0.15) is 61.2 Å². The summed E-state index contributed by atoms with van der Waals surface area (Å²) in [5.41, 5.74) is 3.15. The normalized spacial score (nSPS) is 17.9. The van der Waals surface area contributed by atoms with Crippen LogP contribution in [0.5, 0.6) is 0 Å². The summed E-state index contributed by atoms with van der Waals surface area (Å²) < 4.78 is 0. The molecule has 0 aromatic carbocycles. The summed E-state index contributed by atoms with van der Waals surface area (Å²) in [6.07, 6.45) is 13.9. The van der Waals surface area contributed by atoms with E-state index in [1.807, 2.05) is 18.3 Å². The first-order chi connectivity index (χ1) is 11.3. The van der Waals surface area contributed by atoms with E-state index in [-0.39, 0.29) is 0 Å². The molecule has 0 saturated heterocycles. The third-order valence-corrected chi connectivity index (χ3v) is 6.24. The number of hydrogen-bond donors (Lipinski definition) is 1. The number of hydrogen-bond acceptors (Lipinski definition) is 4. The van der Waals surface area contributed by atoms with Gasteiger partial charge in [-0.2, -0.15) is 0 Å². The Morgan fingerprint density at radius 1 is 1.09 bits per heavy atom. The average Bonchev–Trinajstić information content (AvgIpc) is 2.93. The SMILES string of the molecule is Cc1nc(NCCC2=CCCCC2)c2c3c(sc2n1)CCCC3. The van der Waals surface area contributed by atoms with E-state index < -0.39 is 0 Å². The Bertz CT molecular complexity index is 745. The quantitative estimate of drug-likeness (QED) is 0.786. The van der Waals surface area contributed by atoms with Gasteiger partial charge in [0, 0.05) is 11.4 Å². The molecule has 2 aliphatic carbocycles. The van der Waals surface area contributed by atoms with Crippen LogP contribution >= 0.6 is 11.3 Å². The Morgan fingerprint density at radius 2 is 1.96 bits per heavy atom. The predicted octanol–water partition coefficient (Wildman–Crippen LogP) is 5.18. The maximum Gasteiger partial charge on any atom is 0.138 e. The van der Waals surface area contributed by atoms with Crippen LogP contribution in [0, 0.1) is 6.92 Å². The summed E-state index contributed by atoms with van der Waals surface area (Å²) in [5.74, 6) is 1.96. The number of anilines is 1. The van der Waals surface area contributed by atoms with Crippen LogP contribution in [0.4, 0.5) is 5.82 Å². The molecule has 2 aromatic rings. The smallest absolute Gasteiger partial charge is 0.138 e. The second-order valence-corrected chi connectivity index (χ2v) is 7.88. The molecule has 2 heterocycles. The fraction of sp³-hybridized carbons (Fsp3) is 0.579. The van der Waals surface area contributed by atoms with Gasteiger partial charge >= 0.3 is 0 Å². The van der Waals surface area contributed by atoms with Crippen LogP contribution in [-0.2, 0) is 12.8 Å². The van der Waals surface area contributed by atoms with Gasteiger partial charge in [-0.1, -0.05) is 11.6 Å². The zero-order valence-electron chi connectivity index (χ0n) is 14.0. The van der Waals surface area contributed by atoms with Crippen molar-refractivity contribution in [1.29, 1.82) is 0 Å². The molecule has 2 aromatic heterocycles. The second kappa shape index (κ2) is 6.60. The van der Waals surface area contributed by atoms with Gasteiger partial charge in [0.05, 0.1) is 5.39 Å². The van der Waals surface area contributed by atoms with Crippen LogP contribution in [-0.4, -0.2) is 16.5 Å². The first-order valence-corrected chi connectivity index (χ1v) is 9.83. The van der Waals surface area contributed by atoms with Gasteiger partial charge in [-0.15, -0.1) is 11.3 Å². The number of aromatic nitrogens is 2. The van der Waals surface area contributed by atoms with Crippen molar-refractivity contribution in [2.24, 2.45) is 0 Å². The zero-order valence-corrected chi connectivity index (χ0v) is 14.8. The third-order valence-electron chi connectivity index (χ3n) is 5.05. The number of rotatable bonds is 4. The van der Waals surface area contributed by atoms with Crippen molar-refractivity contribution in [2.75, 3.05) is 11.9 Å². The molecule has 0 saturated carbocycles. The highest BCUT2D eigenvalue weighted by atomic mass is 32.1. The molecule has 3 nitrogen and oxygen atoms in total. The van der Waals surface area contributed by atoms with E-state index >= 15 is 0 Å². The van der Waals surface area contributed by atoms with Crippen molar-refractivity contribution in [2.45, 2.75) is 64.7 Å². The number of nitrogens with one attached hydrogen (secondary N) is 1. The summed E-state index contributed by atoms with van der Waals surface area (Å²) in [5, 5.41) is 4.94. The minimum Gasteiger partial charge on any atom is -0.369 e. The maximum absolute atomic E-state index is 4.73. The Kier molecular flexibility index (Phi) is 4.34. The highest BCUT2D eigenvalue weighted by Gasteiger charge is 2.20. The number of fused-ring (bicyclic) bond motifs is 3. The minimum atomic E-state index is 0.885. The second-order valence-electron chi connectivity index (χ2n) is 6.80. The summed E-state index contributed by atoms with van der Waals surface area (Å²) in [6.45, 7) is 3.00. The van der Waals surface area contributed by atoms with Gasteiger partial charge in [-0.3, -0.25) is 0 Å².